The Hall–Kier alpha value is -1.89. The average molecular weight is 296 g/mol. The number of nitrogens with one attached hydrogen (secondary N) is 1. The van der Waals surface area contributed by atoms with Gasteiger partial charge in [0.1, 0.15) is 6.26 Å². The molecule has 0 aliphatic heterocycles. The molecule has 0 unspecified atom stereocenters. The summed E-state index contributed by atoms with van der Waals surface area (Å²) in [5.41, 5.74) is 0. The van der Waals surface area contributed by atoms with Gasteiger partial charge in [-0.05, 0) is 20.5 Å². The summed E-state index contributed by atoms with van der Waals surface area (Å²) in [6.45, 7) is 3.31. The van der Waals surface area contributed by atoms with Crippen molar-refractivity contribution in [1.82, 2.24) is 15.0 Å². The van der Waals surface area contributed by atoms with E-state index in [1.54, 1.807) is 11.0 Å². The number of hydrogen-bond acceptors (Lipinski definition) is 5. The molecule has 1 N–H and O–H groups in total. The molecule has 0 bridgehead atoms. The molecule has 0 aliphatic carbocycles. The molecule has 1 aromatic rings. The highest BCUT2D eigenvalue weighted by atomic mass is 16.5. The zero-order valence-corrected chi connectivity index (χ0v) is 13.0. The van der Waals surface area contributed by atoms with Crippen molar-refractivity contribution in [1.29, 1.82) is 0 Å². The molecule has 0 aromatic carbocycles. The first-order valence-electron chi connectivity index (χ1n) is 7.15. The van der Waals surface area contributed by atoms with Crippen molar-refractivity contribution in [2.75, 3.05) is 39.0 Å². The number of carbonyl (C=O) groups excluding carboxylic acids is 2. The summed E-state index contributed by atoms with van der Waals surface area (Å²) in [6.07, 6.45) is 3.65. The van der Waals surface area contributed by atoms with Gasteiger partial charge in [-0.15, -0.1) is 0 Å². The molecule has 1 heterocycles. The van der Waals surface area contributed by atoms with Crippen LogP contribution in [-0.2, 0) is 9.59 Å². The van der Waals surface area contributed by atoms with E-state index in [4.69, 9.17) is 0 Å². The Morgan fingerprint density at radius 1 is 1.33 bits per heavy atom. The van der Waals surface area contributed by atoms with Crippen molar-refractivity contribution in [2.45, 2.75) is 26.2 Å². The van der Waals surface area contributed by atoms with Crippen LogP contribution in [0, 0.1) is 0 Å². The summed E-state index contributed by atoms with van der Waals surface area (Å²) in [5.74, 6) is 0.0927. The van der Waals surface area contributed by atoms with Crippen LogP contribution in [0.3, 0.4) is 0 Å². The van der Waals surface area contributed by atoms with Crippen LogP contribution in [0.25, 0.3) is 0 Å². The second-order valence-electron chi connectivity index (χ2n) is 5.15. The van der Waals surface area contributed by atoms with Crippen LogP contribution in [0.1, 0.15) is 26.2 Å². The fourth-order valence-electron chi connectivity index (χ4n) is 1.73. The summed E-state index contributed by atoms with van der Waals surface area (Å²) in [7, 11) is 3.87. The lowest BCUT2D eigenvalue weighted by atomic mass is 10.2. The van der Waals surface area contributed by atoms with Gasteiger partial charge in [0.05, 0.1) is 6.54 Å². The van der Waals surface area contributed by atoms with Crippen LogP contribution in [0.5, 0.6) is 0 Å². The molecule has 0 fully saturated rings. The molecule has 0 spiro atoms. The maximum Gasteiger partial charge on any atom is 0.245 e. The van der Waals surface area contributed by atoms with Crippen LogP contribution >= 0.6 is 0 Å². The minimum absolute atomic E-state index is 0.00834. The Bertz CT molecular complexity index is 431. The third-order valence-corrected chi connectivity index (χ3v) is 2.95. The lowest BCUT2D eigenvalue weighted by Crippen LogP contribution is -2.41. The van der Waals surface area contributed by atoms with Crippen LogP contribution in [-0.4, -0.2) is 60.5 Å². The van der Waals surface area contributed by atoms with Gasteiger partial charge in [0.2, 0.25) is 11.8 Å². The average Bonchev–Trinajstić information content (AvgIpc) is 2.93. The summed E-state index contributed by atoms with van der Waals surface area (Å²) < 4.78 is 4.65. The Morgan fingerprint density at radius 2 is 2.10 bits per heavy atom. The fraction of sp³-hybridized carbons (Fsp3) is 0.643. The monoisotopic (exact) mass is 296 g/mol. The van der Waals surface area contributed by atoms with Crippen LogP contribution in [0.4, 0.5) is 5.82 Å². The van der Waals surface area contributed by atoms with E-state index in [0.717, 1.165) is 19.4 Å². The number of hydrogen-bond donors (Lipinski definition) is 1. The van der Waals surface area contributed by atoms with E-state index in [0.29, 0.717) is 18.8 Å². The first kappa shape index (κ1) is 17.2. The SMILES string of the molecule is CCCCC(=O)N(CCN(C)C)CC(=O)Nc1ccon1. The number of anilines is 1. The Kier molecular flexibility index (Phi) is 7.45. The normalized spacial score (nSPS) is 10.7. The zero-order valence-electron chi connectivity index (χ0n) is 13.0. The number of nitrogens with zero attached hydrogens (tertiary/aromatic N) is 3. The molecule has 118 valence electrons. The van der Waals surface area contributed by atoms with Crippen LogP contribution in [0.2, 0.25) is 0 Å². The molecule has 0 saturated heterocycles. The van der Waals surface area contributed by atoms with Gasteiger partial charge in [0.25, 0.3) is 0 Å². The number of likely N-dealkylation sites (N-methyl/N-ethyl adjacent to an activating group) is 1. The molecular weight excluding hydrogens is 272 g/mol. The molecule has 1 aromatic heterocycles. The van der Waals surface area contributed by atoms with Crippen LogP contribution in [0.15, 0.2) is 16.9 Å². The van der Waals surface area contributed by atoms with Gasteiger partial charge in [-0.25, -0.2) is 0 Å². The lowest BCUT2D eigenvalue weighted by molar-refractivity contribution is -0.134. The summed E-state index contributed by atoms with van der Waals surface area (Å²) in [5, 5.41) is 6.21. The zero-order chi connectivity index (χ0) is 15.7. The predicted octanol–water partition coefficient (Wildman–Crippen LogP) is 1.19. The van der Waals surface area contributed by atoms with Crippen molar-refractivity contribution in [3.05, 3.63) is 12.3 Å². The van der Waals surface area contributed by atoms with Gasteiger partial charge in [-0.2, -0.15) is 0 Å². The van der Waals surface area contributed by atoms with Crippen molar-refractivity contribution >= 4 is 17.6 Å². The number of unbranched alkanes of at least 4 members (excludes halogenated alkanes) is 1. The van der Waals surface area contributed by atoms with E-state index >= 15 is 0 Å². The van der Waals surface area contributed by atoms with Crippen molar-refractivity contribution < 1.29 is 14.1 Å². The molecule has 0 radical (unpaired) electrons. The largest absolute Gasteiger partial charge is 0.363 e. The summed E-state index contributed by atoms with van der Waals surface area (Å²) >= 11 is 0. The van der Waals surface area contributed by atoms with Gasteiger partial charge in [0, 0.05) is 25.6 Å². The highest BCUT2D eigenvalue weighted by molar-refractivity contribution is 5.93. The molecule has 2 amide bonds. The van der Waals surface area contributed by atoms with E-state index in [9.17, 15) is 9.59 Å². The van der Waals surface area contributed by atoms with E-state index in [-0.39, 0.29) is 18.4 Å². The number of aromatic nitrogens is 1. The van der Waals surface area contributed by atoms with Gasteiger partial charge in [-0.3, -0.25) is 9.59 Å². The molecule has 0 saturated carbocycles. The fourth-order valence-corrected chi connectivity index (χ4v) is 1.73. The van der Waals surface area contributed by atoms with Gasteiger partial charge < -0.3 is 19.6 Å². The number of carbonyl (C=O) groups is 2. The van der Waals surface area contributed by atoms with Gasteiger partial charge >= 0.3 is 0 Å². The standard InChI is InChI=1S/C14H24N4O3/c1-4-5-6-14(20)18(9-8-17(2)3)11-13(19)15-12-7-10-21-16-12/h7,10H,4-6,8-9,11H2,1-3H3,(H,15,16,19). The minimum atomic E-state index is -0.271. The summed E-state index contributed by atoms with van der Waals surface area (Å²) in [6, 6.07) is 1.56. The molecule has 7 heteroatoms. The van der Waals surface area contributed by atoms with Gasteiger partial charge in [-0.1, -0.05) is 18.5 Å². The molecule has 7 nitrogen and oxygen atoms in total. The van der Waals surface area contributed by atoms with E-state index in [1.165, 1.54) is 6.26 Å². The highest BCUT2D eigenvalue weighted by Gasteiger charge is 2.17. The molecular formula is C14H24N4O3. The quantitative estimate of drug-likeness (QED) is 0.740. The first-order valence-corrected chi connectivity index (χ1v) is 7.15. The maximum absolute atomic E-state index is 12.1. The number of amides is 2. The minimum Gasteiger partial charge on any atom is -0.363 e. The molecule has 0 atom stereocenters. The Morgan fingerprint density at radius 3 is 2.67 bits per heavy atom. The maximum atomic E-state index is 12.1. The summed E-state index contributed by atoms with van der Waals surface area (Å²) in [4.78, 5) is 27.7. The lowest BCUT2D eigenvalue weighted by Gasteiger charge is -2.23. The van der Waals surface area contributed by atoms with Crippen molar-refractivity contribution in [3.63, 3.8) is 0 Å². The Balaban J connectivity index is 2.53. The van der Waals surface area contributed by atoms with Gasteiger partial charge in [0.15, 0.2) is 5.82 Å². The predicted molar refractivity (Wildman–Crippen MR) is 79.8 cm³/mol. The first-order chi connectivity index (χ1) is 10.0. The van der Waals surface area contributed by atoms with Crippen LogP contribution < -0.4 is 5.32 Å². The van der Waals surface area contributed by atoms with E-state index in [2.05, 4.69) is 15.0 Å². The molecule has 1 rings (SSSR count). The molecule has 0 aliphatic rings. The topological polar surface area (TPSA) is 78.7 Å². The third kappa shape index (κ3) is 6.89. The second-order valence-corrected chi connectivity index (χ2v) is 5.15. The van der Waals surface area contributed by atoms with Crippen molar-refractivity contribution in [2.24, 2.45) is 0 Å². The van der Waals surface area contributed by atoms with E-state index < -0.39 is 0 Å². The molecule has 21 heavy (non-hydrogen) atoms. The third-order valence-electron chi connectivity index (χ3n) is 2.95. The second kappa shape index (κ2) is 9.12. The Labute approximate surface area is 125 Å². The number of rotatable bonds is 9. The van der Waals surface area contributed by atoms with Crippen molar-refractivity contribution in [3.8, 4) is 0 Å². The highest BCUT2D eigenvalue weighted by Crippen LogP contribution is 2.04. The smallest absolute Gasteiger partial charge is 0.245 e. The van der Waals surface area contributed by atoms with E-state index in [1.807, 2.05) is 25.9 Å².